The number of nitrogens with zero attached hydrogens (tertiary/aromatic N) is 4. The van der Waals surface area contributed by atoms with E-state index in [-0.39, 0.29) is 60.5 Å². The Kier molecular flexibility index (Phi) is 12.6. The van der Waals surface area contributed by atoms with Crippen LogP contribution in [0.1, 0.15) is 56.0 Å². The van der Waals surface area contributed by atoms with Gasteiger partial charge in [-0.05, 0) is 56.9 Å². The summed E-state index contributed by atoms with van der Waals surface area (Å²) in [7, 11) is -0.683. The highest BCUT2D eigenvalue weighted by Crippen LogP contribution is 2.29. The number of hydrogen-bond donors (Lipinski definition) is 2. The van der Waals surface area contributed by atoms with Gasteiger partial charge in [-0.1, -0.05) is 37.3 Å². The summed E-state index contributed by atoms with van der Waals surface area (Å²) in [5.41, 5.74) is 1.57. The van der Waals surface area contributed by atoms with E-state index in [0.29, 0.717) is 24.5 Å². The van der Waals surface area contributed by atoms with Gasteiger partial charge in [0.05, 0.1) is 43.2 Å². The van der Waals surface area contributed by atoms with Crippen LogP contribution in [-0.2, 0) is 33.0 Å². The van der Waals surface area contributed by atoms with E-state index in [1.165, 1.54) is 23.9 Å². The molecule has 2 N–H and O–H groups in total. The molecule has 0 bridgehead atoms. The highest BCUT2D eigenvalue weighted by Gasteiger charge is 2.33. The predicted octanol–water partition coefficient (Wildman–Crippen LogP) is 3.72. The SMILES string of the molecule is C[C@@H]1CN([C@H](C)CO)C(=O)c2cc(NC(=O)Cc3ccccc3)ccc2O[C@@H](C)CCCCO[C@H]1CN(C)S(=O)(=O)c1cn(C)cn1. The number of rotatable bonds is 9. The standard InChI is InChI=1S/C34H47N5O7S/c1-24-19-39(25(2)22-40)34(42)29-18-28(36-32(41)17-27-12-7-6-8-13-27)14-15-30(29)46-26(3)11-9-10-16-45-31(24)20-38(5)47(43,44)33-21-37(4)23-35-33/h6-8,12-15,18,21,23-26,31,40H,9-11,16-17,19-20,22H2,1-5H3,(H,36,41)/t24-,25-,26+,31+/m1/s1. The molecule has 2 heterocycles. The molecular weight excluding hydrogens is 622 g/mol. The summed E-state index contributed by atoms with van der Waals surface area (Å²) in [6.07, 6.45) is 4.54. The van der Waals surface area contributed by atoms with Crippen LogP contribution in [0.25, 0.3) is 0 Å². The molecule has 1 aromatic heterocycles. The predicted molar refractivity (Wildman–Crippen MR) is 179 cm³/mol. The monoisotopic (exact) mass is 669 g/mol. The molecule has 3 aromatic rings. The summed E-state index contributed by atoms with van der Waals surface area (Å²) in [4.78, 5) is 32.8. The number of imidazole rings is 1. The topological polar surface area (TPSA) is 143 Å². The third kappa shape index (κ3) is 9.63. The Morgan fingerprint density at radius 1 is 1.17 bits per heavy atom. The number of aromatic nitrogens is 2. The molecule has 13 heteroatoms. The van der Waals surface area contributed by atoms with Crippen molar-refractivity contribution in [3.05, 3.63) is 72.2 Å². The number of aliphatic hydroxyl groups excluding tert-OH is 1. The lowest BCUT2D eigenvalue weighted by molar-refractivity contribution is -0.115. The maximum atomic E-state index is 14.3. The number of hydrogen-bond acceptors (Lipinski definition) is 8. The molecule has 1 aliphatic heterocycles. The van der Waals surface area contributed by atoms with E-state index in [9.17, 15) is 23.1 Å². The Bertz CT molecular complexity index is 1600. The number of aliphatic hydroxyl groups is 1. The smallest absolute Gasteiger partial charge is 0.261 e. The number of carbonyl (C=O) groups excluding carboxylic acids is 2. The van der Waals surface area contributed by atoms with E-state index in [1.54, 1.807) is 41.6 Å². The summed E-state index contributed by atoms with van der Waals surface area (Å²) in [6.45, 7) is 5.92. The lowest BCUT2D eigenvalue weighted by atomic mass is 10.0. The Labute approximate surface area is 277 Å². The van der Waals surface area contributed by atoms with Crippen LogP contribution >= 0.6 is 0 Å². The van der Waals surface area contributed by atoms with Crippen molar-refractivity contribution in [1.82, 2.24) is 18.8 Å². The average molecular weight is 670 g/mol. The van der Waals surface area contributed by atoms with Crippen molar-refractivity contribution in [2.24, 2.45) is 13.0 Å². The Morgan fingerprint density at radius 3 is 2.60 bits per heavy atom. The second-order valence-electron chi connectivity index (χ2n) is 12.4. The first-order valence-corrected chi connectivity index (χ1v) is 17.4. The molecule has 12 nitrogen and oxygen atoms in total. The first kappa shape index (κ1) is 36.1. The molecule has 2 amide bonds. The second kappa shape index (κ2) is 16.4. The lowest BCUT2D eigenvalue weighted by Crippen LogP contribution is -2.48. The number of sulfonamides is 1. The Morgan fingerprint density at radius 2 is 1.91 bits per heavy atom. The van der Waals surface area contributed by atoms with Crippen LogP contribution in [0.4, 0.5) is 5.69 Å². The minimum Gasteiger partial charge on any atom is -0.490 e. The zero-order chi connectivity index (χ0) is 34.1. The fraction of sp³-hybridized carbons (Fsp3) is 0.500. The number of ether oxygens (including phenoxy) is 2. The largest absolute Gasteiger partial charge is 0.490 e. The fourth-order valence-electron chi connectivity index (χ4n) is 5.48. The first-order valence-electron chi connectivity index (χ1n) is 16.0. The van der Waals surface area contributed by atoms with Gasteiger partial charge in [0.2, 0.25) is 5.91 Å². The van der Waals surface area contributed by atoms with Gasteiger partial charge >= 0.3 is 0 Å². The summed E-state index contributed by atoms with van der Waals surface area (Å²) in [5, 5.41) is 13.0. The van der Waals surface area contributed by atoms with Crippen LogP contribution in [0.5, 0.6) is 5.75 Å². The van der Waals surface area contributed by atoms with Crippen molar-refractivity contribution in [2.75, 3.05) is 38.7 Å². The number of anilines is 1. The van der Waals surface area contributed by atoms with E-state index in [0.717, 1.165) is 18.4 Å². The Hall–Kier alpha value is -3.78. The summed E-state index contributed by atoms with van der Waals surface area (Å²) in [6, 6.07) is 13.8. The van der Waals surface area contributed by atoms with Gasteiger partial charge < -0.3 is 29.4 Å². The van der Waals surface area contributed by atoms with Crippen LogP contribution in [0.15, 0.2) is 66.1 Å². The molecule has 0 radical (unpaired) electrons. The van der Waals surface area contributed by atoms with Gasteiger partial charge in [-0.3, -0.25) is 9.59 Å². The molecule has 0 aliphatic carbocycles. The molecule has 0 fully saturated rings. The number of amides is 2. The third-order valence-corrected chi connectivity index (χ3v) is 10.0. The molecule has 0 spiro atoms. The van der Waals surface area contributed by atoms with E-state index < -0.39 is 22.2 Å². The minimum atomic E-state index is -3.88. The first-order chi connectivity index (χ1) is 22.4. The molecule has 0 saturated carbocycles. The quantitative estimate of drug-likeness (QED) is 0.351. The fourth-order valence-corrected chi connectivity index (χ4v) is 6.62. The zero-order valence-electron chi connectivity index (χ0n) is 27.8. The van der Waals surface area contributed by atoms with Crippen LogP contribution in [-0.4, -0.2) is 95.7 Å². The molecular formula is C34H47N5O7S. The summed E-state index contributed by atoms with van der Waals surface area (Å²) < 4.78 is 42.0. The highest BCUT2D eigenvalue weighted by atomic mass is 32.2. The number of likely N-dealkylation sites (N-methyl/N-ethyl adjacent to an activating group) is 1. The summed E-state index contributed by atoms with van der Waals surface area (Å²) >= 11 is 0. The van der Waals surface area contributed by atoms with Gasteiger partial charge in [0.25, 0.3) is 15.9 Å². The van der Waals surface area contributed by atoms with Gasteiger partial charge in [-0.15, -0.1) is 0 Å². The number of benzene rings is 2. The number of aryl methyl sites for hydroxylation is 1. The third-order valence-electron chi connectivity index (χ3n) is 8.34. The molecule has 4 atom stereocenters. The van der Waals surface area contributed by atoms with Crippen molar-refractivity contribution in [1.29, 1.82) is 0 Å². The van der Waals surface area contributed by atoms with Crippen molar-refractivity contribution < 1.29 is 32.6 Å². The molecule has 2 aromatic carbocycles. The minimum absolute atomic E-state index is 0.0449. The molecule has 1 aliphatic rings. The maximum absolute atomic E-state index is 14.3. The zero-order valence-corrected chi connectivity index (χ0v) is 28.7. The molecule has 0 saturated heterocycles. The van der Waals surface area contributed by atoms with Crippen molar-refractivity contribution in [3.8, 4) is 5.75 Å². The number of carbonyl (C=O) groups is 2. The Balaban J connectivity index is 1.62. The molecule has 256 valence electrons. The van der Waals surface area contributed by atoms with Crippen molar-refractivity contribution >= 4 is 27.5 Å². The van der Waals surface area contributed by atoms with E-state index in [4.69, 9.17) is 9.47 Å². The summed E-state index contributed by atoms with van der Waals surface area (Å²) in [5.74, 6) is -0.547. The van der Waals surface area contributed by atoms with Crippen LogP contribution < -0.4 is 10.1 Å². The molecule has 0 unspecified atom stereocenters. The molecule has 47 heavy (non-hydrogen) atoms. The van der Waals surface area contributed by atoms with Gasteiger partial charge in [0.15, 0.2) is 5.03 Å². The van der Waals surface area contributed by atoms with Gasteiger partial charge in [-0.25, -0.2) is 13.4 Å². The van der Waals surface area contributed by atoms with Gasteiger partial charge in [-0.2, -0.15) is 4.31 Å². The van der Waals surface area contributed by atoms with Crippen LogP contribution in [0, 0.1) is 5.92 Å². The van der Waals surface area contributed by atoms with Gasteiger partial charge in [0.1, 0.15) is 5.75 Å². The second-order valence-corrected chi connectivity index (χ2v) is 14.4. The number of nitrogens with one attached hydrogen (secondary N) is 1. The van der Waals surface area contributed by atoms with E-state index in [1.807, 2.05) is 44.2 Å². The average Bonchev–Trinajstić information content (AvgIpc) is 3.49. The molecule has 4 rings (SSSR count). The van der Waals surface area contributed by atoms with Crippen LogP contribution in [0.3, 0.4) is 0 Å². The van der Waals surface area contributed by atoms with Crippen molar-refractivity contribution in [2.45, 2.75) is 69.7 Å². The highest BCUT2D eigenvalue weighted by molar-refractivity contribution is 7.89. The van der Waals surface area contributed by atoms with E-state index >= 15 is 0 Å². The maximum Gasteiger partial charge on any atom is 0.261 e. The van der Waals surface area contributed by atoms with E-state index in [2.05, 4.69) is 10.3 Å². The normalized spacial score (nSPS) is 20.6. The van der Waals surface area contributed by atoms with Crippen molar-refractivity contribution in [3.63, 3.8) is 0 Å². The number of fused-ring (bicyclic) bond motifs is 1. The lowest BCUT2D eigenvalue weighted by Gasteiger charge is -2.35. The van der Waals surface area contributed by atoms with Crippen LogP contribution in [0.2, 0.25) is 0 Å². The van der Waals surface area contributed by atoms with Gasteiger partial charge in [0, 0.05) is 51.6 Å².